The Balaban J connectivity index is 1.53. The van der Waals surface area contributed by atoms with E-state index in [1.807, 2.05) is 6.07 Å². The molecule has 0 amide bonds. The van der Waals surface area contributed by atoms with Crippen molar-refractivity contribution < 1.29 is 27.2 Å². The second-order valence-electron chi connectivity index (χ2n) is 9.78. The summed E-state index contributed by atoms with van der Waals surface area (Å²) in [6.45, 7) is 1.92. The third kappa shape index (κ3) is 7.71. The Kier molecular flexibility index (Phi) is 10.0. The van der Waals surface area contributed by atoms with Gasteiger partial charge in [0.25, 0.3) is 0 Å². The van der Waals surface area contributed by atoms with Crippen molar-refractivity contribution in [2.45, 2.75) is 42.9 Å². The van der Waals surface area contributed by atoms with Crippen LogP contribution in [-0.2, 0) is 17.3 Å². The average molecular weight is 577 g/mol. The molecule has 7 nitrogen and oxygen atoms in total. The van der Waals surface area contributed by atoms with E-state index in [9.17, 15) is 17.4 Å². The summed E-state index contributed by atoms with van der Waals surface area (Å²) in [4.78, 5) is 2.95. The van der Waals surface area contributed by atoms with Crippen LogP contribution >= 0.6 is 0 Å². The number of aliphatic hydroxyl groups excluding tert-OH is 1. The molecule has 1 aromatic heterocycles. The van der Waals surface area contributed by atoms with Crippen molar-refractivity contribution in [2.24, 2.45) is 0 Å². The molecule has 0 bridgehead atoms. The number of nitrogens with zero attached hydrogens (tertiary/aromatic N) is 2. The standard InChI is InChI=1S/C29H35F3N4O3S/c1-39-28-19-23(40(2)38)9-10-26(28)33-13-4-6-22-18-24-25(7-3-8-27(24)36(22)20-29(30,31)32)34-21-11-15-35(16-12-21)14-5-17-37/h3,7-10,18-19,21,33-34,37H,5,11-17,20H2,1-2H3. The van der Waals surface area contributed by atoms with Gasteiger partial charge in [-0.1, -0.05) is 12.0 Å². The van der Waals surface area contributed by atoms with E-state index in [4.69, 9.17) is 9.84 Å². The number of halogens is 3. The van der Waals surface area contributed by atoms with Crippen LogP contribution < -0.4 is 15.4 Å². The molecule has 1 saturated heterocycles. The van der Waals surface area contributed by atoms with Crippen LogP contribution in [0.1, 0.15) is 25.0 Å². The lowest BCUT2D eigenvalue weighted by Crippen LogP contribution is -2.39. The van der Waals surface area contributed by atoms with Gasteiger partial charge < -0.3 is 29.9 Å². The van der Waals surface area contributed by atoms with Crippen molar-refractivity contribution in [3.05, 3.63) is 48.2 Å². The van der Waals surface area contributed by atoms with Gasteiger partial charge in [-0.2, -0.15) is 13.2 Å². The second-order valence-corrected chi connectivity index (χ2v) is 11.2. The van der Waals surface area contributed by atoms with E-state index in [2.05, 4.69) is 27.4 Å². The number of benzene rings is 2. The maximum atomic E-state index is 13.6. The number of rotatable bonds is 10. The molecule has 0 radical (unpaired) electrons. The lowest BCUT2D eigenvalue weighted by Gasteiger charge is -2.32. The Morgan fingerprint density at radius 3 is 2.60 bits per heavy atom. The molecular weight excluding hydrogens is 541 g/mol. The number of likely N-dealkylation sites (tertiary alicyclic amines) is 1. The Bertz CT molecular complexity index is 1390. The van der Waals surface area contributed by atoms with Gasteiger partial charge in [0.2, 0.25) is 0 Å². The zero-order valence-corrected chi connectivity index (χ0v) is 23.5. The summed E-state index contributed by atoms with van der Waals surface area (Å²) in [6.07, 6.45) is -0.230. The third-order valence-corrected chi connectivity index (χ3v) is 7.87. The van der Waals surface area contributed by atoms with Gasteiger partial charge in [0, 0.05) is 65.3 Å². The van der Waals surface area contributed by atoms with E-state index in [0.717, 1.165) is 44.6 Å². The van der Waals surface area contributed by atoms with Crippen molar-refractivity contribution in [3.63, 3.8) is 0 Å². The van der Waals surface area contributed by atoms with Crippen LogP contribution in [0, 0.1) is 11.8 Å². The lowest BCUT2D eigenvalue weighted by atomic mass is 10.0. The Morgan fingerprint density at radius 2 is 1.93 bits per heavy atom. The molecule has 0 spiro atoms. The number of piperidine rings is 1. The molecule has 40 heavy (non-hydrogen) atoms. The highest BCUT2D eigenvalue weighted by Gasteiger charge is 2.30. The van der Waals surface area contributed by atoms with Gasteiger partial charge in [-0.05, 0) is 61.6 Å². The molecule has 3 aromatic rings. The van der Waals surface area contributed by atoms with E-state index in [1.165, 1.54) is 11.7 Å². The van der Waals surface area contributed by atoms with E-state index >= 15 is 0 Å². The number of hydrogen-bond acceptors (Lipinski definition) is 6. The van der Waals surface area contributed by atoms with Gasteiger partial charge in [-0.25, -0.2) is 0 Å². The van der Waals surface area contributed by atoms with Crippen molar-refractivity contribution in [3.8, 4) is 17.6 Å². The third-order valence-electron chi connectivity index (χ3n) is 6.95. The van der Waals surface area contributed by atoms with Crippen molar-refractivity contribution >= 4 is 33.1 Å². The molecule has 1 aliphatic heterocycles. The number of nitrogens with one attached hydrogen (secondary N) is 2. The molecule has 3 N–H and O–H groups in total. The SMILES string of the molecule is COc1cc(S(C)=O)ccc1NCC#Cc1cc2c(NC3CCN(CCCO)CC3)cccc2n1CC(F)(F)F. The van der Waals surface area contributed by atoms with Gasteiger partial charge in [-0.3, -0.25) is 4.21 Å². The van der Waals surface area contributed by atoms with Gasteiger partial charge in [0.1, 0.15) is 12.3 Å². The average Bonchev–Trinajstić information content (AvgIpc) is 3.27. The fourth-order valence-corrected chi connectivity index (χ4v) is 5.48. The Hall–Kier alpha value is -3.20. The van der Waals surface area contributed by atoms with Gasteiger partial charge >= 0.3 is 6.18 Å². The van der Waals surface area contributed by atoms with E-state index < -0.39 is 23.5 Å². The van der Waals surface area contributed by atoms with Crippen LogP contribution in [0.4, 0.5) is 24.5 Å². The maximum Gasteiger partial charge on any atom is 0.406 e. The number of alkyl halides is 3. The number of hydrogen-bond donors (Lipinski definition) is 3. The second kappa shape index (κ2) is 13.4. The molecule has 1 unspecified atom stereocenters. The van der Waals surface area contributed by atoms with Crippen LogP contribution in [0.15, 0.2) is 47.4 Å². The molecule has 4 rings (SSSR count). The summed E-state index contributed by atoms with van der Waals surface area (Å²) < 4.78 is 59.0. The first kappa shape index (κ1) is 29.8. The molecule has 1 atom stereocenters. The van der Waals surface area contributed by atoms with Crippen molar-refractivity contribution in [1.29, 1.82) is 0 Å². The predicted molar refractivity (Wildman–Crippen MR) is 153 cm³/mol. The highest BCUT2D eigenvalue weighted by molar-refractivity contribution is 7.84. The quantitative estimate of drug-likeness (QED) is 0.305. The summed E-state index contributed by atoms with van der Waals surface area (Å²) in [7, 11) is 0.356. The molecule has 216 valence electrons. The minimum Gasteiger partial charge on any atom is -0.495 e. The maximum absolute atomic E-state index is 13.6. The van der Waals surface area contributed by atoms with Gasteiger partial charge in [0.05, 0.1) is 30.6 Å². The number of aliphatic hydroxyl groups is 1. The molecule has 11 heteroatoms. The topological polar surface area (TPSA) is 78.8 Å². The smallest absolute Gasteiger partial charge is 0.406 e. The Labute approximate surface area is 235 Å². The van der Waals surface area contributed by atoms with Gasteiger partial charge in [0.15, 0.2) is 0 Å². The van der Waals surface area contributed by atoms with Crippen LogP contribution in [0.25, 0.3) is 10.9 Å². The minimum atomic E-state index is -4.40. The fourth-order valence-electron chi connectivity index (χ4n) is 4.95. The van der Waals surface area contributed by atoms with Crippen LogP contribution in [0.5, 0.6) is 5.75 Å². The summed E-state index contributed by atoms with van der Waals surface area (Å²) in [6, 6.07) is 12.4. The zero-order chi connectivity index (χ0) is 28.7. The first-order chi connectivity index (χ1) is 19.2. The van der Waals surface area contributed by atoms with Crippen molar-refractivity contribution in [1.82, 2.24) is 9.47 Å². The summed E-state index contributed by atoms with van der Waals surface area (Å²) >= 11 is 0. The zero-order valence-electron chi connectivity index (χ0n) is 22.7. The molecular formula is C29H35F3N4O3S. The number of methoxy groups -OCH3 is 1. The summed E-state index contributed by atoms with van der Waals surface area (Å²) in [5, 5.41) is 16.4. The fraction of sp³-hybridized carbons (Fsp3) is 0.448. The first-order valence-electron chi connectivity index (χ1n) is 13.2. The lowest BCUT2D eigenvalue weighted by molar-refractivity contribution is -0.140. The number of anilines is 2. The molecule has 0 aliphatic carbocycles. The number of fused-ring (bicyclic) bond motifs is 1. The summed E-state index contributed by atoms with van der Waals surface area (Å²) in [5.41, 5.74) is 2.21. The Morgan fingerprint density at radius 1 is 1.15 bits per heavy atom. The predicted octanol–water partition coefficient (Wildman–Crippen LogP) is 4.67. The molecule has 1 fully saturated rings. The van der Waals surface area contributed by atoms with E-state index in [0.29, 0.717) is 27.2 Å². The monoisotopic (exact) mass is 576 g/mol. The number of ether oxygens (including phenoxy) is 1. The highest BCUT2D eigenvalue weighted by Crippen LogP contribution is 2.31. The molecule has 2 aromatic carbocycles. The first-order valence-corrected chi connectivity index (χ1v) is 14.8. The normalized spacial score (nSPS) is 15.4. The largest absolute Gasteiger partial charge is 0.495 e. The summed E-state index contributed by atoms with van der Waals surface area (Å²) in [5.74, 6) is 6.37. The molecule has 0 saturated carbocycles. The molecule has 1 aliphatic rings. The van der Waals surface area contributed by atoms with Crippen molar-refractivity contribution in [2.75, 3.05) is 56.8 Å². The van der Waals surface area contributed by atoms with E-state index in [-0.39, 0.29) is 24.9 Å². The van der Waals surface area contributed by atoms with Crippen LogP contribution in [0.3, 0.4) is 0 Å². The number of aromatic nitrogens is 1. The van der Waals surface area contributed by atoms with Crippen LogP contribution in [-0.4, -0.2) is 77.2 Å². The minimum absolute atomic E-state index is 0.179. The van der Waals surface area contributed by atoms with E-state index in [1.54, 1.807) is 42.7 Å². The van der Waals surface area contributed by atoms with Crippen LogP contribution in [0.2, 0.25) is 0 Å². The highest BCUT2D eigenvalue weighted by atomic mass is 32.2. The molecule has 2 heterocycles. The van der Waals surface area contributed by atoms with Gasteiger partial charge in [-0.15, -0.1) is 0 Å².